The summed E-state index contributed by atoms with van der Waals surface area (Å²) in [5, 5.41) is 17.3. The Morgan fingerprint density at radius 2 is 1.55 bits per heavy atom. The van der Waals surface area contributed by atoms with E-state index in [0.717, 1.165) is 18.3 Å². The van der Waals surface area contributed by atoms with E-state index in [1.807, 2.05) is 6.08 Å². The van der Waals surface area contributed by atoms with Gasteiger partial charge in [-0.05, 0) is 31.1 Å². The van der Waals surface area contributed by atoms with Crippen LogP contribution in [0.1, 0.15) is 90.4 Å². The molecule has 0 aliphatic heterocycles. The lowest BCUT2D eigenvalue weighted by molar-refractivity contribution is 0.191. The van der Waals surface area contributed by atoms with E-state index in [4.69, 9.17) is 10.2 Å². The Kier molecular flexibility index (Phi) is 11.0. The molecule has 1 saturated carbocycles. The molecule has 22 heavy (non-hydrogen) atoms. The molecule has 2 nitrogen and oxygen atoms in total. The first-order valence-corrected chi connectivity index (χ1v) is 9.48. The second kappa shape index (κ2) is 12.6. The van der Waals surface area contributed by atoms with Crippen LogP contribution < -0.4 is 0 Å². The monoisotopic (exact) mass is 308 g/mol. The molecule has 0 unspecified atom stereocenters. The highest BCUT2D eigenvalue weighted by atomic mass is 16.5. The summed E-state index contributed by atoms with van der Waals surface area (Å²) in [4.78, 5) is 0. The molecule has 1 fully saturated rings. The van der Waals surface area contributed by atoms with Crippen LogP contribution in [0.25, 0.3) is 0 Å². The zero-order valence-electron chi connectivity index (χ0n) is 14.5. The Labute approximate surface area is 137 Å². The van der Waals surface area contributed by atoms with E-state index in [0.29, 0.717) is 0 Å². The van der Waals surface area contributed by atoms with Gasteiger partial charge in [-0.1, -0.05) is 83.3 Å². The van der Waals surface area contributed by atoms with Crippen molar-refractivity contribution in [2.75, 3.05) is 0 Å². The van der Waals surface area contributed by atoms with E-state index in [1.165, 1.54) is 83.1 Å². The third-order valence-corrected chi connectivity index (χ3v) is 5.07. The van der Waals surface area contributed by atoms with Crippen LogP contribution in [-0.2, 0) is 0 Å². The van der Waals surface area contributed by atoms with Crippen LogP contribution in [0.4, 0.5) is 0 Å². The molecule has 1 rings (SSSR count). The van der Waals surface area contributed by atoms with Crippen molar-refractivity contribution in [3.63, 3.8) is 0 Å². The second-order valence-corrected chi connectivity index (χ2v) is 6.89. The molecular weight excluding hydrogens is 272 g/mol. The van der Waals surface area contributed by atoms with Gasteiger partial charge in [0, 0.05) is 6.08 Å². The van der Waals surface area contributed by atoms with Gasteiger partial charge in [0.25, 0.3) is 5.95 Å². The predicted octanol–water partition coefficient (Wildman–Crippen LogP) is 6.84. The molecule has 0 bridgehead atoms. The van der Waals surface area contributed by atoms with Crippen molar-refractivity contribution in [3.05, 3.63) is 24.2 Å². The summed E-state index contributed by atoms with van der Waals surface area (Å²) in [6, 6.07) is 0. The zero-order chi connectivity index (χ0) is 16.0. The van der Waals surface area contributed by atoms with Crippen LogP contribution >= 0.6 is 0 Å². The molecular formula is C20H36O2. The van der Waals surface area contributed by atoms with Crippen LogP contribution in [0.15, 0.2) is 24.2 Å². The Morgan fingerprint density at radius 1 is 0.909 bits per heavy atom. The van der Waals surface area contributed by atoms with E-state index in [9.17, 15) is 0 Å². The molecule has 1 aliphatic carbocycles. The molecule has 2 atom stereocenters. The van der Waals surface area contributed by atoms with Gasteiger partial charge in [-0.2, -0.15) is 0 Å². The summed E-state index contributed by atoms with van der Waals surface area (Å²) in [6.07, 6.45) is 23.0. The van der Waals surface area contributed by atoms with Gasteiger partial charge >= 0.3 is 0 Å². The smallest absolute Gasteiger partial charge is 0.274 e. The van der Waals surface area contributed by atoms with Crippen molar-refractivity contribution < 1.29 is 10.2 Å². The number of unbranched alkanes of at least 4 members (excludes halogenated alkanes) is 6. The van der Waals surface area contributed by atoms with Gasteiger partial charge in [0.05, 0.1) is 0 Å². The van der Waals surface area contributed by atoms with Gasteiger partial charge < -0.3 is 10.2 Å². The average Bonchev–Trinajstić information content (AvgIpc) is 2.93. The van der Waals surface area contributed by atoms with E-state index in [1.54, 1.807) is 6.08 Å². The minimum atomic E-state index is -0.606. The number of hydrogen-bond acceptors (Lipinski definition) is 2. The maximum Gasteiger partial charge on any atom is 0.274 e. The van der Waals surface area contributed by atoms with Crippen LogP contribution in [0.5, 0.6) is 0 Å². The minimum Gasteiger partial charge on any atom is -0.481 e. The maximum atomic E-state index is 8.63. The van der Waals surface area contributed by atoms with Crippen molar-refractivity contribution in [2.24, 2.45) is 11.8 Å². The molecule has 0 heterocycles. The van der Waals surface area contributed by atoms with Gasteiger partial charge in [0.2, 0.25) is 0 Å². The van der Waals surface area contributed by atoms with Crippen molar-refractivity contribution in [1.29, 1.82) is 0 Å². The SMILES string of the molecule is CCCCCCCC[C@H]1CCC[C@@H]1CCC/C=C/C=C(O)O. The fraction of sp³-hybridized carbons (Fsp3) is 0.800. The first kappa shape index (κ1) is 19.1. The number of hydrogen-bond donors (Lipinski definition) is 2. The lowest BCUT2D eigenvalue weighted by Crippen LogP contribution is -2.07. The molecule has 0 aromatic heterocycles. The highest BCUT2D eigenvalue weighted by molar-refractivity contribution is 5.01. The second-order valence-electron chi connectivity index (χ2n) is 6.89. The van der Waals surface area contributed by atoms with Crippen molar-refractivity contribution in [3.8, 4) is 0 Å². The van der Waals surface area contributed by atoms with E-state index < -0.39 is 5.95 Å². The predicted molar refractivity (Wildman–Crippen MR) is 95.2 cm³/mol. The van der Waals surface area contributed by atoms with Crippen molar-refractivity contribution >= 4 is 0 Å². The van der Waals surface area contributed by atoms with Gasteiger partial charge in [-0.25, -0.2) is 0 Å². The first-order chi connectivity index (χ1) is 10.7. The highest BCUT2D eigenvalue weighted by Gasteiger charge is 2.25. The fourth-order valence-electron chi connectivity index (χ4n) is 3.81. The van der Waals surface area contributed by atoms with Gasteiger partial charge in [-0.3, -0.25) is 0 Å². The number of allylic oxidation sites excluding steroid dienone is 3. The summed E-state index contributed by atoms with van der Waals surface area (Å²) >= 11 is 0. The minimum absolute atomic E-state index is 0.606. The lowest BCUT2D eigenvalue weighted by Gasteiger charge is -2.19. The van der Waals surface area contributed by atoms with E-state index in [2.05, 4.69) is 6.92 Å². The summed E-state index contributed by atoms with van der Waals surface area (Å²) in [5.74, 6) is 1.33. The Balaban J connectivity index is 2.07. The first-order valence-electron chi connectivity index (χ1n) is 9.48. The number of aliphatic hydroxyl groups excluding tert-OH is 1. The van der Waals surface area contributed by atoms with Crippen LogP contribution in [0.3, 0.4) is 0 Å². The summed E-state index contributed by atoms with van der Waals surface area (Å²) in [5.41, 5.74) is 0. The standard InChI is InChI=1S/C20H36O2/c1-2-3-4-5-6-9-13-18-15-12-16-19(18)14-10-7-8-11-17-20(21)22/h8,11,17-19,21-22H,2-7,9-10,12-16H2,1H3/b11-8+/t18-,19-/m0/s1. The van der Waals surface area contributed by atoms with Crippen LogP contribution in [-0.4, -0.2) is 10.2 Å². The fourth-order valence-corrected chi connectivity index (χ4v) is 3.81. The highest BCUT2D eigenvalue weighted by Crippen LogP contribution is 2.38. The lowest BCUT2D eigenvalue weighted by atomic mass is 9.87. The molecule has 0 saturated heterocycles. The molecule has 2 N–H and O–H groups in total. The van der Waals surface area contributed by atoms with Crippen LogP contribution in [0, 0.1) is 11.8 Å². The molecule has 0 aromatic carbocycles. The molecule has 128 valence electrons. The van der Waals surface area contributed by atoms with E-state index >= 15 is 0 Å². The van der Waals surface area contributed by atoms with Gasteiger partial charge in [0.1, 0.15) is 0 Å². The third-order valence-electron chi connectivity index (χ3n) is 5.07. The Bertz CT molecular complexity index is 316. The number of aliphatic hydroxyl groups is 2. The van der Waals surface area contributed by atoms with Crippen LogP contribution in [0.2, 0.25) is 0 Å². The average molecular weight is 309 g/mol. The largest absolute Gasteiger partial charge is 0.481 e. The van der Waals surface area contributed by atoms with E-state index in [-0.39, 0.29) is 0 Å². The van der Waals surface area contributed by atoms with Gasteiger partial charge in [-0.15, -0.1) is 0 Å². The van der Waals surface area contributed by atoms with Gasteiger partial charge in [0.15, 0.2) is 0 Å². The quantitative estimate of drug-likeness (QED) is 0.235. The topological polar surface area (TPSA) is 40.5 Å². The zero-order valence-corrected chi connectivity index (χ0v) is 14.5. The molecule has 0 aromatic rings. The number of rotatable bonds is 12. The molecule has 0 amide bonds. The Hall–Kier alpha value is -0.920. The molecule has 1 aliphatic rings. The van der Waals surface area contributed by atoms with Crippen molar-refractivity contribution in [2.45, 2.75) is 90.4 Å². The summed E-state index contributed by atoms with van der Waals surface area (Å²) < 4.78 is 0. The molecule has 0 spiro atoms. The maximum absolute atomic E-state index is 8.63. The normalized spacial score (nSPS) is 21.5. The summed E-state index contributed by atoms with van der Waals surface area (Å²) in [7, 11) is 0. The molecule has 0 radical (unpaired) electrons. The Morgan fingerprint density at radius 3 is 2.23 bits per heavy atom. The third kappa shape index (κ3) is 9.17. The molecule has 2 heteroatoms. The van der Waals surface area contributed by atoms with Crippen molar-refractivity contribution in [1.82, 2.24) is 0 Å². The summed E-state index contributed by atoms with van der Waals surface area (Å²) in [6.45, 7) is 2.28.